The van der Waals surface area contributed by atoms with Gasteiger partial charge in [0.2, 0.25) is 0 Å². The predicted molar refractivity (Wildman–Crippen MR) is 172 cm³/mol. The van der Waals surface area contributed by atoms with E-state index >= 15 is 0 Å². The van der Waals surface area contributed by atoms with Crippen molar-refractivity contribution < 1.29 is 4.74 Å². The molecule has 0 saturated heterocycles. The van der Waals surface area contributed by atoms with Crippen molar-refractivity contribution >= 4 is 0 Å². The summed E-state index contributed by atoms with van der Waals surface area (Å²) >= 11 is 0. The van der Waals surface area contributed by atoms with Crippen LogP contribution in [0.25, 0.3) is 0 Å². The van der Waals surface area contributed by atoms with E-state index in [9.17, 15) is 0 Å². The van der Waals surface area contributed by atoms with Gasteiger partial charge in [0.15, 0.2) is 0 Å². The maximum atomic E-state index is 6.49. The van der Waals surface area contributed by atoms with E-state index in [0.717, 1.165) is 25.2 Å². The quantitative estimate of drug-likeness (QED) is 0.103. The summed E-state index contributed by atoms with van der Waals surface area (Å²) in [5, 5.41) is 0. The Morgan fingerprint density at radius 1 is 0.550 bits per heavy atom. The summed E-state index contributed by atoms with van der Waals surface area (Å²) in [6, 6.07) is 39.9. The van der Waals surface area contributed by atoms with Crippen LogP contribution in [0.2, 0.25) is 0 Å². The standard InChI is InChI=1S/C39H48O/c1-4-6-7-8-9-10-11-21-30-40-38-29-28-36(31-37(38)32(3)5-2)39(33-22-15-12-16-23-33,34-24-17-13-18-25-34)35-26-19-14-20-27-35/h12-20,22-29,31-32H,4-11,21,30H2,1-3H3. The average Bonchev–Trinajstić information content (AvgIpc) is 3.02. The van der Waals surface area contributed by atoms with E-state index in [-0.39, 0.29) is 0 Å². The molecule has 0 saturated carbocycles. The Balaban J connectivity index is 1.69. The molecule has 1 heteroatoms. The summed E-state index contributed by atoms with van der Waals surface area (Å²) in [6.45, 7) is 7.68. The van der Waals surface area contributed by atoms with Gasteiger partial charge < -0.3 is 4.74 Å². The van der Waals surface area contributed by atoms with Gasteiger partial charge in [0.05, 0.1) is 12.0 Å². The van der Waals surface area contributed by atoms with Crippen molar-refractivity contribution in [2.45, 2.75) is 89.9 Å². The fourth-order valence-corrected chi connectivity index (χ4v) is 6.00. The Kier molecular flexibility index (Phi) is 11.5. The smallest absolute Gasteiger partial charge is 0.122 e. The third kappa shape index (κ3) is 7.05. The molecule has 0 spiro atoms. The first-order chi connectivity index (χ1) is 19.7. The van der Waals surface area contributed by atoms with Crippen LogP contribution in [0.1, 0.15) is 112 Å². The summed E-state index contributed by atoms with van der Waals surface area (Å²) < 4.78 is 6.49. The zero-order valence-electron chi connectivity index (χ0n) is 24.9. The number of hydrogen-bond donors (Lipinski definition) is 0. The minimum Gasteiger partial charge on any atom is -0.493 e. The van der Waals surface area contributed by atoms with Crippen molar-refractivity contribution in [3.63, 3.8) is 0 Å². The first kappa shape index (κ1) is 29.7. The van der Waals surface area contributed by atoms with Crippen LogP contribution < -0.4 is 4.74 Å². The van der Waals surface area contributed by atoms with Crippen molar-refractivity contribution in [3.8, 4) is 5.75 Å². The van der Waals surface area contributed by atoms with Crippen LogP contribution >= 0.6 is 0 Å². The van der Waals surface area contributed by atoms with Crippen LogP contribution in [0.15, 0.2) is 109 Å². The second-order valence-electron chi connectivity index (χ2n) is 11.2. The third-order valence-electron chi connectivity index (χ3n) is 8.46. The van der Waals surface area contributed by atoms with Crippen LogP contribution in [0.3, 0.4) is 0 Å². The first-order valence-corrected chi connectivity index (χ1v) is 15.7. The first-order valence-electron chi connectivity index (χ1n) is 15.7. The Morgan fingerprint density at radius 2 is 1.02 bits per heavy atom. The summed E-state index contributed by atoms with van der Waals surface area (Å²) in [6.07, 6.45) is 11.6. The molecule has 0 radical (unpaired) electrons. The number of unbranched alkanes of at least 4 members (excludes halogenated alkanes) is 7. The molecule has 4 aromatic carbocycles. The minimum absolute atomic E-state index is 0.411. The molecule has 0 bridgehead atoms. The number of hydrogen-bond acceptors (Lipinski definition) is 1. The van der Waals surface area contributed by atoms with E-state index in [1.54, 1.807) is 0 Å². The molecule has 0 aliphatic heterocycles. The van der Waals surface area contributed by atoms with Gasteiger partial charge in [-0.1, -0.05) is 169 Å². The van der Waals surface area contributed by atoms with Gasteiger partial charge in [-0.15, -0.1) is 0 Å². The Morgan fingerprint density at radius 3 is 1.50 bits per heavy atom. The zero-order chi connectivity index (χ0) is 28.0. The second-order valence-corrected chi connectivity index (χ2v) is 11.2. The van der Waals surface area contributed by atoms with E-state index in [0.29, 0.717) is 5.92 Å². The number of benzene rings is 4. The Labute approximate surface area is 243 Å². The molecular weight excluding hydrogens is 484 g/mol. The minimum atomic E-state index is -0.428. The highest BCUT2D eigenvalue weighted by atomic mass is 16.5. The monoisotopic (exact) mass is 532 g/mol. The average molecular weight is 533 g/mol. The Bertz CT molecular complexity index is 1150. The van der Waals surface area contributed by atoms with E-state index in [1.165, 1.54) is 72.8 Å². The molecule has 1 atom stereocenters. The summed E-state index contributed by atoms with van der Waals surface area (Å²) in [4.78, 5) is 0. The van der Waals surface area contributed by atoms with E-state index in [2.05, 4.69) is 130 Å². The normalized spacial score (nSPS) is 12.3. The van der Waals surface area contributed by atoms with Crippen molar-refractivity contribution in [1.29, 1.82) is 0 Å². The van der Waals surface area contributed by atoms with E-state index < -0.39 is 5.41 Å². The van der Waals surface area contributed by atoms with Gasteiger partial charge in [-0.2, -0.15) is 0 Å². The molecule has 4 aromatic rings. The van der Waals surface area contributed by atoms with Crippen LogP contribution in [-0.2, 0) is 5.41 Å². The molecule has 210 valence electrons. The summed E-state index contributed by atoms with van der Waals surface area (Å²) in [5.74, 6) is 1.46. The molecule has 0 N–H and O–H groups in total. The fraction of sp³-hybridized carbons (Fsp3) is 0.385. The van der Waals surface area contributed by atoms with Gasteiger partial charge >= 0.3 is 0 Å². The molecule has 40 heavy (non-hydrogen) atoms. The second kappa shape index (κ2) is 15.5. The number of ether oxygens (including phenoxy) is 1. The maximum absolute atomic E-state index is 6.49. The summed E-state index contributed by atoms with van der Waals surface area (Å²) in [5.41, 5.74) is 5.99. The van der Waals surface area contributed by atoms with Crippen molar-refractivity contribution in [3.05, 3.63) is 137 Å². The van der Waals surface area contributed by atoms with Gasteiger partial charge in [-0.25, -0.2) is 0 Å². The van der Waals surface area contributed by atoms with Crippen LogP contribution in [0.4, 0.5) is 0 Å². The molecule has 4 rings (SSSR count). The predicted octanol–water partition coefficient (Wildman–Crippen LogP) is 11.1. The van der Waals surface area contributed by atoms with E-state index in [4.69, 9.17) is 4.74 Å². The molecule has 0 fully saturated rings. The van der Waals surface area contributed by atoms with Crippen molar-refractivity contribution in [2.75, 3.05) is 6.61 Å². The molecular formula is C39H48O. The van der Waals surface area contributed by atoms with Gasteiger partial charge in [-0.05, 0) is 52.6 Å². The highest BCUT2D eigenvalue weighted by Crippen LogP contribution is 2.46. The van der Waals surface area contributed by atoms with Crippen LogP contribution in [0.5, 0.6) is 5.75 Å². The third-order valence-corrected chi connectivity index (χ3v) is 8.46. The summed E-state index contributed by atoms with van der Waals surface area (Å²) in [7, 11) is 0. The maximum Gasteiger partial charge on any atom is 0.122 e. The molecule has 1 nitrogen and oxygen atoms in total. The van der Waals surface area contributed by atoms with Gasteiger partial charge in [0.25, 0.3) is 0 Å². The fourth-order valence-electron chi connectivity index (χ4n) is 6.00. The topological polar surface area (TPSA) is 9.23 Å². The molecule has 0 amide bonds. The lowest BCUT2D eigenvalue weighted by molar-refractivity contribution is 0.299. The lowest BCUT2D eigenvalue weighted by Crippen LogP contribution is -2.31. The van der Waals surface area contributed by atoms with Crippen molar-refractivity contribution in [2.24, 2.45) is 0 Å². The molecule has 1 unspecified atom stereocenters. The van der Waals surface area contributed by atoms with Gasteiger partial charge in [0, 0.05) is 0 Å². The van der Waals surface area contributed by atoms with Crippen LogP contribution in [-0.4, -0.2) is 6.61 Å². The van der Waals surface area contributed by atoms with Gasteiger partial charge in [0.1, 0.15) is 5.75 Å². The van der Waals surface area contributed by atoms with Gasteiger partial charge in [-0.3, -0.25) is 0 Å². The molecule has 0 aromatic heterocycles. The van der Waals surface area contributed by atoms with Crippen molar-refractivity contribution in [1.82, 2.24) is 0 Å². The number of rotatable bonds is 16. The van der Waals surface area contributed by atoms with E-state index in [1.807, 2.05) is 0 Å². The zero-order valence-corrected chi connectivity index (χ0v) is 24.9. The SMILES string of the molecule is CCCCCCCCCCOc1ccc(C(c2ccccc2)(c2ccccc2)c2ccccc2)cc1C(C)CC. The highest BCUT2D eigenvalue weighted by Gasteiger charge is 2.38. The molecule has 0 aliphatic carbocycles. The molecule has 0 aliphatic rings. The highest BCUT2D eigenvalue weighted by molar-refractivity contribution is 5.61. The lowest BCUT2D eigenvalue weighted by atomic mass is 9.64. The largest absolute Gasteiger partial charge is 0.493 e. The molecule has 0 heterocycles. The Hall–Kier alpha value is -3.32. The lowest BCUT2D eigenvalue weighted by Gasteiger charge is -2.37. The van der Waals surface area contributed by atoms with Crippen LogP contribution in [0, 0.1) is 0 Å².